The maximum absolute atomic E-state index is 11.1. The molecule has 0 saturated heterocycles. The van der Waals surface area contributed by atoms with Crippen LogP contribution >= 0.6 is 0 Å². The lowest BCUT2D eigenvalue weighted by atomic mass is 10.0. The van der Waals surface area contributed by atoms with Gasteiger partial charge >= 0.3 is 5.97 Å². The SMILES string of the molecule is CCOC(=O)CC#Cc1cc(C)c(OC)cc1C. The molecule has 0 heterocycles. The van der Waals surface area contributed by atoms with Gasteiger partial charge in [0.2, 0.25) is 0 Å². The lowest BCUT2D eigenvalue weighted by molar-refractivity contribution is -0.141. The molecule has 1 rings (SSSR count). The van der Waals surface area contributed by atoms with Gasteiger partial charge in [-0.3, -0.25) is 4.79 Å². The van der Waals surface area contributed by atoms with Crippen LogP contribution in [-0.2, 0) is 9.53 Å². The molecule has 0 N–H and O–H groups in total. The highest BCUT2D eigenvalue weighted by Crippen LogP contribution is 2.21. The van der Waals surface area contributed by atoms with E-state index in [1.54, 1.807) is 14.0 Å². The zero-order chi connectivity index (χ0) is 13.5. The molecule has 18 heavy (non-hydrogen) atoms. The van der Waals surface area contributed by atoms with Crippen LogP contribution in [0.25, 0.3) is 0 Å². The predicted molar refractivity (Wildman–Crippen MR) is 70.6 cm³/mol. The average Bonchev–Trinajstić information content (AvgIpc) is 2.33. The molecule has 0 aliphatic heterocycles. The summed E-state index contributed by atoms with van der Waals surface area (Å²) in [5, 5.41) is 0. The Bertz CT molecular complexity index is 492. The fourth-order valence-electron chi connectivity index (χ4n) is 1.57. The minimum atomic E-state index is -0.284. The molecule has 0 spiro atoms. The van der Waals surface area contributed by atoms with Gasteiger partial charge in [-0.05, 0) is 44.0 Å². The zero-order valence-corrected chi connectivity index (χ0v) is 11.3. The lowest BCUT2D eigenvalue weighted by Gasteiger charge is -2.07. The number of rotatable bonds is 3. The van der Waals surface area contributed by atoms with E-state index in [0.717, 1.165) is 22.4 Å². The Kier molecular flexibility index (Phi) is 5.26. The van der Waals surface area contributed by atoms with E-state index in [1.807, 2.05) is 26.0 Å². The van der Waals surface area contributed by atoms with Crippen molar-refractivity contribution in [1.29, 1.82) is 0 Å². The van der Waals surface area contributed by atoms with Crippen molar-refractivity contribution < 1.29 is 14.3 Å². The van der Waals surface area contributed by atoms with E-state index >= 15 is 0 Å². The van der Waals surface area contributed by atoms with Crippen LogP contribution < -0.4 is 4.74 Å². The number of methoxy groups -OCH3 is 1. The van der Waals surface area contributed by atoms with E-state index in [0.29, 0.717) is 6.61 Å². The zero-order valence-electron chi connectivity index (χ0n) is 11.3. The molecule has 3 nitrogen and oxygen atoms in total. The maximum Gasteiger partial charge on any atom is 0.317 e. The Hall–Kier alpha value is -1.95. The fourth-order valence-corrected chi connectivity index (χ4v) is 1.57. The van der Waals surface area contributed by atoms with Crippen LogP contribution in [0.5, 0.6) is 5.75 Å². The molecular formula is C15H18O3. The van der Waals surface area contributed by atoms with E-state index in [9.17, 15) is 4.79 Å². The Balaban J connectivity index is 2.82. The molecule has 0 bridgehead atoms. The molecule has 1 aromatic carbocycles. The third-order valence-electron chi connectivity index (χ3n) is 2.50. The highest BCUT2D eigenvalue weighted by molar-refractivity contribution is 5.72. The summed E-state index contributed by atoms with van der Waals surface area (Å²) in [6, 6.07) is 3.91. The van der Waals surface area contributed by atoms with Crippen molar-refractivity contribution in [1.82, 2.24) is 0 Å². The van der Waals surface area contributed by atoms with Crippen LogP contribution in [0.1, 0.15) is 30.0 Å². The minimum absolute atomic E-state index is 0.123. The fraction of sp³-hybridized carbons (Fsp3) is 0.400. The van der Waals surface area contributed by atoms with Crippen molar-refractivity contribution in [3.8, 4) is 17.6 Å². The van der Waals surface area contributed by atoms with E-state index in [4.69, 9.17) is 9.47 Å². The maximum atomic E-state index is 11.1. The molecule has 0 amide bonds. The number of benzene rings is 1. The number of hydrogen-bond acceptors (Lipinski definition) is 3. The van der Waals surface area contributed by atoms with Crippen molar-refractivity contribution >= 4 is 5.97 Å². The Labute approximate surface area is 108 Å². The number of carbonyl (C=O) groups is 1. The third kappa shape index (κ3) is 3.81. The molecule has 0 saturated carbocycles. The van der Waals surface area contributed by atoms with E-state index in [2.05, 4.69) is 11.8 Å². The predicted octanol–water partition coefficient (Wildman–Crippen LogP) is 2.62. The van der Waals surface area contributed by atoms with Gasteiger partial charge in [0.25, 0.3) is 0 Å². The summed E-state index contributed by atoms with van der Waals surface area (Å²) in [6.07, 6.45) is 0.123. The first-order chi connectivity index (χ1) is 8.58. The highest BCUT2D eigenvalue weighted by atomic mass is 16.5. The third-order valence-corrected chi connectivity index (χ3v) is 2.50. The molecule has 0 aliphatic rings. The topological polar surface area (TPSA) is 35.5 Å². The summed E-state index contributed by atoms with van der Waals surface area (Å²) in [5.41, 5.74) is 2.98. The van der Waals surface area contributed by atoms with Crippen LogP contribution in [0.15, 0.2) is 12.1 Å². The lowest BCUT2D eigenvalue weighted by Crippen LogP contribution is -2.01. The Morgan fingerprint density at radius 1 is 1.28 bits per heavy atom. The molecule has 0 aromatic heterocycles. The van der Waals surface area contributed by atoms with Crippen LogP contribution in [0.4, 0.5) is 0 Å². The first-order valence-corrected chi connectivity index (χ1v) is 5.88. The average molecular weight is 246 g/mol. The van der Waals surface area contributed by atoms with Gasteiger partial charge in [0.05, 0.1) is 13.7 Å². The van der Waals surface area contributed by atoms with Crippen LogP contribution in [0.2, 0.25) is 0 Å². The van der Waals surface area contributed by atoms with Gasteiger partial charge in [-0.2, -0.15) is 0 Å². The molecular weight excluding hydrogens is 228 g/mol. The van der Waals surface area contributed by atoms with Crippen LogP contribution in [0, 0.1) is 25.7 Å². The largest absolute Gasteiger partial charge is 0.496 e. The van der Waals surface area contributed by atoms with Crippen LogP contribution in [-0.4, -0.2) is 19.7 Å². The van der Waals surface area contributed by atoms with Gasteiger partial charge in [-0.15, -0.1) is 0 Å². The minimum Gasteiger partial charge on any atom is -0.496 e. The van der Waals surface area contributed by atoms with Crippen molar-refractivity contribution in [3.05, 3.63) is 28.8 Å². The van der Waals surface area contributed by atoms with Gasteiger partial charge in [0.15, 0.2) is 0 Å². The van der Waals surface area contributed by atoms with Gasteiger partial charge < -0.3 is 9.47 Å². The van der Waals surface area contributed by atoms with E-state index < -0.39 is 0 Å². The van der Waals surface area contributed by atoms with Gasteiger partial charge in [0, 0.05) is 5.56 Å². The molecule has 0 unspecified atom stereocenters. The molecule has 1 aromatic rings. The van der Waals surface area contributed by atoms with Crippen molar-refractivity contribution in [2.45, 2.75) is 27.2 Å². The summed E-state index contributed by atoms with van der Waals surface area (Å²) in [4.78, 5) is 11.1. The second kappa shape index (κ2) is 6.70. The number of esters is 1. The first-order valence-electron chi connectivity index (χ1n) is 5.88. The van der Waals surface area contributed by atoms with Crippen molar-refractivity contribution in [2.24, 2.45) is 0 Å². The number of hydrogen-bond donors (Lipinski definition) is 0. The molecule has 3 heteroatoms. The summed E-state index contributed by atoms with van der Waals surface area (Å²) >= 11 is 0. The normalized spacial score (nSPS) is 9.33. The molecule has 0 radical (unpaired) electrons. The quantitative estimate of drug-likeness (QED) is 0.607. The van der Waals surface area contributed by atoms with E-state index in [-0.39, 0.29) is 12.4 Å². The summed E-state index contributed by atoms with van der Waals surface area (Å²) in [5.74, 6) is 6.38. The molecule has 0 aliphatic carbocycles. The monoisotopic (exact) mass is 246 g/mol. The van der Waals surface area contributed by atoms with Crippen molar-refractivity contribution in [2.75, 3.05) is 13.7 Å². The van der Waals surface area contributed by atoms with Gasteiger partial charge in [0.1, 0.15) is 12.2 Å². The Morgan fingerprint density at radius 2 is 2.00 bits per heavy atom. The van der Waals surface area contributed by atoms with Gasteiger partial charge in [-0.25, -0.2) is 0 Å². The summed E-state index contributed by atoms with van der Waals surface area (Å²) < 4.78 is 10.0. The first kappa shape index (κ1) is 14.1. The van der Waals surface area contributed by atoms with Gasteiger partial charge in [-0.1, -0.05) is 11.8 Å². The molecule has 0 atom stereocenters. The highest BCUT2D eigenvalue weighted by Gasteiger charge is 2.03. The number of aryl methyl sites for hydroxylation is 2. The Morgan fingerprint density at radius 3 is 2.61 bits per heavy atom. The summed E-state index contributed by atoms with van der Waals surface area (Å²) in [6.45, 7) is 6.11. The van der Waals surface area contributed by atoms with Crippen molar-refractivity contribution in [3.63, 3.8) is 0 Å². The second-order valence-electron chi connectivity index (χ2n) is 3.92. The molecule has 96 valence electrons. The van der Waals surface area contributed by atoms with Crippen LogP contribution in [0.3, 0.4) is 0 Å². The van der Waals surface area contributed by atoms with E-state index in [1.165, 1.54) is 0 Å². The smallest absolute Gasteiger partial charge is 0.317 e. The standard InChI is InChI=1S/C15H18O3/c1-5-18-15(16)8-6-7-13-9-12(3)14(17-4)10-11(13)2/h9-10H,5,8H2,1-4H3. The number of ether oxygens (including phenoxy) is 2. The number of carbonyl (C=O) groups excluding carboxylic acids is 1. The second-order valence-corrected chi connectivity index (χ2v) is 3.92. The molecule has 0 fully saturated rings. The summed E-state index contributed by atoms with van der Waals surface area (Å²) in [7, 11) is 1.65.